The van der Waals surface area contributed by atoms with Crippen molar-refractivity contribution in [3.05, 3.63) is 0 Å². The van der Waals surface area contributed by atoms with Gasteiger partial charge in [0.2, 0.25) is 5.91 Å². The Hall–Kier alpha value is -0.780. The van der Waals surface area contributed by atoms with Gasteiger partial charge in [-0.25, -0.2) is 0 Å². The molecule has 15 heavy (non-hydrogen) atoms. The summed E-state index contributed by atoms with van der Waals surface area (Å²) in [6.07, 6.45) is -2.51. The maximum Gasteiger partial charge on any atom is 0.401 e. The zero-order chi connectivity index (χ0) is 11.9. The van der Waals surface area contributed by atoms with Crippen molar-refractivity contribution in [3.8, 4) is 0 Å². The predicted molar refractivity (Wildman–Crippen MR) is 51.4 cm³/mol. The lowest BCUT2D eigenvalue weighted by molar-refractivity contribution is -0.131. The topological polar surface area (TPSA) is 41.1 Å². The average Bonchev–Trinajstić information content (AvgIpc) is 2.13. The van der Waals surface area contributed by atoms with E-state index in [9.17, 15) is 18.0 Å². The second kappa shape index (κ2) is 6.66. The van der Waals surface area contributed by atoms with Crippen LogP contribution in [0.25, 0.3) is 0 Å². The normalized spacial score (nSPS) is 13.7. The lowest BCUT2D eigenvalue weighted by Gasteiger charge is -2.15. The minimum atomic E-state index is -4.28. The van der Waals surface area contributed by atoms with E-state index in [0.29, 0.717) is 6.54 Å². The van der Waals surface area contributed by atoms with E-state index in [1.807, 2.05) is 6.92 Å². The summed E-state index contributed by atoms with van der Waals surface area (Å²) in [6, 6.07) is -0.816. The quantitative estimate of drug-likeness (QED) is 0.673. The molecule has 2 N–H and O–H groups in total. The Bertz CT molecular complexity index is 194. The Balaban J connectivity index is 3.70. The van der Waals surface area contributed by atoms with Crippen LogP contribution in [0.5, 0.6) is 0 Å². The summed E-state index contributed by atoms with van der Waals surface area (Å²) in [5.74, 6) is -0.396. The highest BCUT2D eigenvalue weighted by molar-refractivity contribution is 5.81. The first-order valence-electron chi connectivity index (χ1n) is 4.94. The van der Waals surface area contributed by atoms with Gasteiger partial charge in [-0.3, -0.25) is 10.1 Å². The van der Waals surface area contributed by atoms with Crippen LogP contribution in [0.2, 0.25) is 0 Å². The van der Waals surface area contributed by atoms with Gasteiger partial charge in [-0.05, 0) is 13.3 Å². The van der Waals surface area contributed by atoms with Crippen LogP contribution in [0, 0.1) is 0 Å². The molecule has 0 rings (SSSR count). The number of amides is 1. The maximum atomic E-state index is 11.8. The number of halogens is 3. The zero-order valence-corrected chi connectivity index (χ0v) is 8.95. The molecule has 90 valence electrons. The molecular weight excluding hydrogens is 209 g/mol. The highest BCUT2D eigenvalue weighted by Crippen LogP contribution is 2.12. The van der Waals surface area contributed by atoms with Gasteiger partial charge >= 0.3 is 6.18 Å². The van der Waals surface area contributed by atoms with Crippen molar-refractivity contribution in [2.45, 2.75) is 38.9 Å². The van der Waals surface area contributed by atoms with Crippen molar-refractivity contribution >= 4 is 5.91 Å². The highest BCUT2D eigenvalue weighted by Gasteiger charge is 2.28. The van der Waals surface area contributed by atoms with Crippen LogP contribution in [0.15, 0.2) is 0 Å². The smallest absolute Gasteiger partial charge is 0.355 e. The lowest BCUT2D eigenvalue weighted by atomic mass is 10.3. The molecule has 0 heterocycles. The summed E-state index contributed by atoms with van der Waals surface area (Å²) in [6.45, 7) is 2.74. The summed E-state index contributed by atoms with van der Waals surface area (Å²) >= 11 is 0. The monoisotopic (exact) mass is 226 g/mol. The molecule has 1 amide bonds. The Labute approximate surface area is 87.4 Å². The van der Waals surface area contributed by atoms with Gasteiger partial charge in [-0.1, -0.05) is 13.3 Å². The molecule has 3 nitrogen and oxygen atoms in total. The van der Waals surface area contributed by atoms with Crippen molar-refractivity contribution in [1.82, 2.24) is 10.6 Å². The summed E-state index contributed by atoms with van der Waals surface area (Å²) in [4.78, 5) is 11.2. The van der Waals surface area contributed by atoms with Crippen molar-refractivity contribution in [2.24, 2.45) is 0 Å². The minimum Gasteiger partial charge on any atom is -0.355 e. The van der Waals surface area contributed by atoms with E-state index in [2.05, 4.69) is 10.6 Å². The van der Waals surface area contributed by atoms with Crippen molar-refractivity contribution in [3.63, 3.8) is 0 Å². The summed E-state index contributed by atoms with van der Waals surface area (Å²) in [7, 11) is 0. The molecule has 1 atom stereocenters. The third kappa shape index (κ3) is 8.23. The molecule has 0 aliphatic rings. The van der Waals surface area contributed by atoms with E-state index < -0.39 is 24.7 Å². The van der Waals surface area contributed by atoms with Gasteiger partial charge < -0.3 is 5.32 Å². The van der Waals surface area contributed by atoms with Crippen molar-refractivity contribution < 1.29 is 18.0 Å². The molecule has 0 saturated carbocycles. The molecule has 6 heteroatoms. The SMILES string of the molecule is CCCCNC(=O)C(C)NCC(F)(F)F. The van der Waals surface area contributed by atoms with E-state index in [-0.39, 0.29) is 0 Å². The van der Waals surface area contributed by atoms with Crippen molar-refractivity contribution in [2.75, 3.05) is 13.1 Å². The highest BCUT2D eigenvalue weighted by atomic mass is 19.4. The molecule has 0 aromatic rings. The molecule has 0 fully saturated rings. The summed E-state index contributed by atoms with van der Waals surface area (Å²) in [5.41, 5.74) is 0. The van der Waals surface area contributed by atoms with E-state index in [0.717, 1.165) is 12.8 Å². The number of rotatable bonds is 6. The zero-order valence-electron chi connectivity index (χ0n) is 8.95. The summed E-state index contributed by atoms with van der Waals surface area (Å²) < 4.78 is 35.4. The number of alkyl halides is 3. The third-order valence-electron chi connectivity index (χ3n) is 1.83. The number of hydrogen-bond acceptors (Lipinski definition) is 2. The molecule has 0 aromatic heterocycles. The van der Waals surface area contributed by atoms with Gasteiger partial charge in [0.15, 0.2) is 0 Å². The largest absolute Gasteiger partial charge is 0.401 e. The first-order chi connectivity index (χ1) is 6.87. The van der Waals surface area contributed by atoms with E-state index in [4.69, 9.17) is 0 Å². The molecule has 0 radical (unpaired) electrons. The molecule has 1 unspecified atom stereocenters. The van der Waals surface area contributed by atoms with Crippen LogP contribution in [-0.4, -0.2) is 31.2 Å². The van der Waals surface area contributed by atoms with Gasteiger partial charge in [-0.2, -0.15) is 13.2 Å². The van der Waals surface area contributed by atoms with Crippen LogP contribution in [0.4, 0.5) is 13.2 Å². The predicted octanol–water partition coefficient (Wildman–Crippen LogP) is 1.44. The molecule has 0 spiro atoms. The lowest BCUT2D eigenvalue weighted by Crippen LogP contribution is -2.45. The van der Waals surface area contributed by atoms with Crippen LogP contribution in [0.1, 0.15) is 26.7 Å². The van der Waals surface area contributed by atoms with E-state index >= 15 is 0 Å². The Morgan fingerprint density at radius 3 is 2.47 bits per heavy atom. The second-order valence-corrected chi connectivity index (χ2v) is 3.36. The third-order valence-corrected chi connectivity index (χ3v) is 1.83. The molecule has 0 saturated heterocycles. The Morgan fingerprint density at radius 2 is 2.00 bits per heavy atom. The van der Waals surface area contributed by atoms with Gasteiger partial charge in [0.25, 0.3) is 0 Å². The van der Waals surface area contributed by atoms with Crippen LogP contribution in [0.3, 0.4) is 0 Å². The van der Waals surface area contributed by atoms with Crippen LogP contribution in [-0.2, 0) is 4.79 Å². The first-order valence-corrected chi connectivity index (χ1v) is 4.94. The number of hydrogen-bond donors (Lipinski definition) is 2. The van der Waals surface area contributed by atoms with Gasteiger partial charge in [0.1, 0.15) is 0 Å². The fourth-order valence-corrected chi connectivity index (χ4v) is 0.903. The molecule has 0 aliphatic heterocycles. The Kier molecular flexibility index (Phi) is 6.31. The number of carbonyl (C=O) groups is 1. The fourth-order valence-electron chi connectivity index (χ4n) is 0.903. The van der Waals surface area contributed by atoms with E-state index in [1.54, 1.807) is 0 Å². The second-order valence-electron chi connectivity index (χ2n) is 3.36. The minimum absolute atomic E-state index is 0.396. The van der Waals surface area contributed by atoms with Gasteiger partial charge in [0, 0.05) is 6.54 Å². The molecular formula is C9H17F3N2O. The average molecular weight is 226 g/mol. The first kappa shape index (κ1) is 14.2. The molecule has 0 bridgehead atoms. The Morgan fingerprint density at radius 1 is 1.40 bits per heavy atom. The summed E-state index contributed by atoms with van der Waals surface area (Å²) in [5, 5.41) is 4.66. The molecule has 0 aromatic carbocycles. The van der Waals surface area contributed by atoms with Crippen LogP contribution >= 0.6 is 0 Å². The number of nitrogens with one attached hydrogen (secondary N) is 2. The molecule has 0 aliphatic carbocycles. The number of unbranched alkanes of at least 4 members (excludes halogenated alkanes) is 1. The fraction of sp³-hybridized carbons (Fsp3) is 0.889. The number of carbonyl (C=O) groups excluding carboxylic acids is 1. The maximum absolute atomic E-state index is 11.8. The van der Waals surface area contributed by atoms with Crippen molar-refractivity contribution in [1.29, 1.82) is 0 Å². The van der Waals surface area contributed by atoms with Gasteiger partial charge in [-0.15, -0.1) is 0 Å². The standard InChI is InChI=1S/C9H17F3N2O/c1-3-4-5-13-8(15)7(2)14-6-9(10,11)12/h7,14H,3-6H2,1-2H3,(H,13,15). The van der Waals surface area contributed by atoms with Crippen LogP contribution < -0.4 is 10.6 Å². The van der Waals surface area contributed by atoms with Gasteiger partial charge in [0.05, 0.1) is 12.6 Å². The van der Waals surface area contributed by atoms with E-state index in [1.165, 1.54) is 6.92 Å².